The molecule has 1 aromatic carbocycles. The van der Waals surface area contributed by atoms with Crippen molar-refractivity contribution in [3.05, 3.63) is 51.4 Å². The Morgan fingerprint density at radius 2 is 1.96 bits per heavy atom. The maximum absolute atomic E-state index is 12.5. The molecular weight excluding hydrogens is 340 g/mol. The van der Waals surface area contributed by atoms with Gasteiger partial charge in [-0.05, 0) is 43.9 Å². The fraction of sp³-hybridized carbons (Fsp3) is 0.278. The summed E-state index contributed by atoms with van der Waals surface area (Å²) >= 11 is 1.39. The third-order valence-corrected chi connectivity index (χ3v) is 5.26. The molecule has 1 heterocycles. The fourth-order valence-electron chi connectivity index (χ4n) is 2.90. The zero-order chi connectivity index (χ0) is 18.0. The number of aryl methyl sites for hydroxylation is 2. The van der Waals surface area contributed by atoms with Crippen molar-refractivity contribution in [2.45, 2.75) is 26.2 Å². The van der Waals surface area contributed by atoms with Crippen molar-refractivity contribution in [2.75, 3.05) is 12.4 Å². The summed E-state index contributed by atoms with van der Waals surface area (Å²) < 4.78 is 4.49. The molecule has 3 rings (SSSR count). The van der Waals surface area contributed by atoms with Gasteiger partial charge in [0.25, 0.3) is 11.8 Å². The third kappa shape index (κ3) is 3.56. The van der Waals surface area contributed by atoms with Crippen LogP contribution in [0, 0.1) is 6.92 Å². The van der Waals surface area contributed by atoms with Gasteiger partial charge in [-0.15, -0.1) is 11.3 Å². The zero-order valence-electron chi connectivity index (χ0n) is 14.0. The van der Waals surface area contributed by atoms with Crippen LogP contribution >= 0.6 is 11.3 Å². The molecule has 0 bridgehead atoms. The monoisotopic (exact) mass is 358 g/mol. The second kappa shape index (κ2) is 7.06. The predicted octanol–water partition coefficient (Wildman–Crippen LogP) is 3.29. The molecule has 3 amide bonds. The van der Waals surface area contributed by atoms with E-state index >= 15 is 0 Å². The SMILES string of the molecule is COC(=O)NC(=O)c1c(NC(=O)c2cccc(C)c2)sc2c1CCC2. The van der Waals surface area contributed by atoms with Crippen LogP contribution in [-0.2, 0) is 17.6 Å². The zero-order valence-corrected chi connectivity index (χ0v) is 14.8. The average molecular weight is 358 g/mol. The molecule has 7 heteroatoms. The van der Waals surface area contributed by atoms with Crippen LogP contribution in [0.4, 0.5) is 9.80 Å². The summed E-state index contributed by atoms with van der Waals surface area (Å²) in [5.41, 5.74) is 2.77. The lowest BCUT2D eigenvalue weighted by atomic mass is 10.1. The largest absolute Gasteiger partial charge is 0.453 e. The number of alkyl carbamates (subject to hydrolysis) is 1. The summed E-state index contributed by atoms with van der Waals surface area (Å²) in [6, 6.07) is 7.22. The van der Waals surface area contributed by atoms with Gasteiger partial charge in [0.2, 0.25) is 0 Å². The maximum Gasteiger partial charge on any atom is 0.413 e. The summed E-state index contributed by atoms with van der Waals surface area (Å²) in [7, 11) is 1.20. The fourth-order valence-corrected chi connectivity index (χ4v) is 4.18. The normalized spacial score (nSPS) is 12.4. The maximum atomic E-state index is 12.5. The highest BCUT2D eigenvalue weighted by atomic mass is 32.1. The number of anilines is 1. The first kappa shape index (κ1) is 17.2. The van der Waals surface area contributed by atoms with Crippen molar-refractivity contribution in [2.24, 2.45) is 0 Å². The highest BCUT2D eigenvalue weighted by Crippen LogP contribution is 2.39. The number of thiophene rings is 1. The number of amides is 3. The molecule has 25 heavy (non-hydrogen) atoms. The van der Waals surface area contributed by atoms with E-state index in [1.54, 1.807) is 12.1 Å². The number of carbonyl (C=O) groups is 3. The minimum Gasteiger partial charge on any atom is -0.453 e. The first-order valence-corrected chi connectivity index (χ1v) is 8.73. The van der Waals surface area contributed by atoms with Crippen molar-refractivity contribution in [3.8, 4) is 0 Å². The molecule has 1 aliphatic rings. The second-order valence-electron chi connectivity index (χ2n) is 5.83. The van der Waals surface area contributed by atoms with E-state index in [4.69, 9.17) is 0 Å². The van der Waals surface area contributed by atoms with Gasteiger partial charge < -0.3 is 10.1 Å². The minimum atomic E-state index is -0.820. The number of nitrogens with one attached hydrogen (secondary N) is 2. The topological polar surface area (TPSA) is 84.5 Å². The molecule has 0 atom stereocenters. The van der Waals surface area contributed by atoms with Gasteiger partial charge in [0.1, 0.15) is 5.00 Å². The Labute approximate surface area is 149 Å². The summed E-state index contributed by atoms with van der Waals surface area (Å²) in [6.45, 7) is 1.91. The highest BCUT2D eigenvalue weighted by molar-refractivity contribution is 7.17. The molecule has 2 aromatic rings. The Bertz CT molecular complexity index is 857. The van der Waals surface area contributed by atoms with E-state index in [0.717, 1.165) is 35.3 Å². The van der Waals surface area contributed by atoms with Crippen LogP contribution in [0.2, 0.25) is 0 Å². The van der Waals surface area contributed by atoms with E-state index in [-0.39, 0.29) is 5.91 Å². The molecule has 0 saturated heterocycles. The molecule has 0 spiro atoms. The summed E-state index contributed by atoms with van der Waals surface area (Å²) in [4.78, 5) is 37.4. The molecule has 1 aliphatic carbocycles. The van der Waals surface area contributed by atoms with Crippen LogP contribution in [0.25, 0.3) is 0 Å². The van der Waals surface area contributed by atoms with E-state index in [9.17, 15) is 14.4 Å². The van der Waals surface area contributed by atoms with Crippen LogP contribution in [0.3, 0.4) is 0 Å². The van der Waals surface area contributed by atoms with Crippen molar-refractivity contribution in [3.63, 3.8) is 0 Å². The van der Waals surface area contributed by atoms with E-state index in [0.29, 0.717) is 16.1 Å². The minimum absolute atomic E-state index is 0.282. The number of carbonyl (C=O) groups excluding carboxylic acids is 3. The van der Waals surface area contributed by atoms with Crippen molar-refractivity contribution < 1.29 is 19.1 Å². The van der Waals surface area contributed by atoms with E-state index < -0.39 is 12.0 Å². The smallest absolute Gasteiger partial charge is 0.413 e. The van der Waals surface area contributed by atoms with Crippen molar-refractivity contribution in [1.82, 2.24) is 5.32 Å². The van der Waals surface area contributed by atoms with Crippen LogP contribution in [-0.4, -0.2) is 25.0 Å². The number of ether oxygens (including phenoxy) is 1. The number of fused-ring (bicyclic) bond motifs is 1. The Morgan fingerprint density at radius 1 is 1.16 bits per heavy atom. The average Bonchev–Trinajstić information content (AvgIpc) is 3.14. The van der Waals surface area contributed by atoms with E-state index in [2.05, 4.69) is 15.4 Å². The van der Waals surface area contributed by atoms with E-state index in [1.165, 1.54) is 18.4 Å². The van der Waals surface area contributed by atoms with E-state index in [1.807, 2.05) is 19.1 Å². The molecule has 2 N–H and O–H groups in total. The molecule has 130 valence electrons. The summed E-state index contributed by atoms with van der Waals surface area (Å²) in [5.74, 6) is -0.832. The van der Waals surface area contributed by atoms with Gasteiger partial charge in [0.05, 0.1) is 12.7 Å². The van der Waals surface area contributed by atoms with Crippen LogP contribution in [0.15, 0.2) is 24.3 Å². The lowest BCUT2D eigenvalue weighted by Gasteiger charge is -2.09. The number of hydrogen-bond acceptors (Lipinski definition) is 5. The van der Waals surface area contributed by atoms with Crippen LogP contribution in [0.1, 0.15) is 43.1 Å². The number of benzene rings is 1. The standard InChI is InChI=1S/C18H18N2O4S/c1-10-5-3-6-11(9-10)15(21)19-17-14(16(22)20-18(23)24-2)12-7-4-8-13(12)25-17/h3,5-6,9H,4,7-8H2,1-2H3,(H,19,21)(H,20,22,23). The number of imide groups is 1. The predicted molar refractivity (Wildman–Crippen MR) is 95.3 cm³/mol. The van der Waals surface area contributed by atoms with Gasteiger partial charge in [0, 0.05) is 10.4 Å². The van der Waals surface area contributed by atoms with Crippen molar-refractivity contribution >= 4 is 34.2 Å². The molecular formula is C18H18N2O4S. The van der Waals surface area contributed by atoms with Gasteiger partial charge in [0.15, 0.2) is 0 Å². The van der Waals surface area contributed by atoms with Gasteiger partial charge in [-0.3, -0.25) is 14.9 Å². The lowest BCUT2D eigenvalue weighted by molar-refractivity contribution is 0.0937. The molecule has 0 fully saturated rings. The molecule has 0 radical (unpaired) electrons. The second-order valence-corrected chi connectivity index (χ2v) is 6.94. The molecule has 0 saturated carbocycles. The Balaban J connectivity index is 1.90. The Kier molecular flexibility index (Phi) is 4.85. The number of hydrogen-bond donors (Lipinski definition) is 2. The summed E-state index contributed by atoms with van der Waals surface area (Å²) in [6.07, 6.45) is 1.78. The summed E-state index contributed by atoms with van der Waals surface area (Å²) in [5, 5.41) is 5.47. The van der Waals surface area contributed by atoms with Crippen molar-refractivity contribution in [1.29, 1.82) is 0 Å². The molecule has 6 nitrogen and oxygen atoms in total. The Morgan fingerprint density at radius 3 is 2.68 bits per heavy atom. The molecule has 1 aromatic heterocycles. The third-order valence-electron chi connectivity index (χ3n) is 4.06. The van der Waals surface area contributed by atoms with Gasteiger partial charge in [-0.1, -0.05) is 17.7 Å². The number of rotatable bonds is 3. The molecule has 0 unspecified atom stereocenters. The van der Waals surface area contributed by atoms with Crippen LogP contribution in [0.5, 0.6) is 0 Å². The first-order chi connectivity index (χ1) is 12.0. The highest BCUT2D eigenvalue weighted by Gasteiger charge is 2.28. The Hall–Kier alpha value is -2.67. The van der Waals surface area contributed by atoms with Gasteiger partial charge >= 0.3 is 6.09 Å². The quantitative estimate of drug-likeness (QED) is 0.882. The molecule has 0 aliphatic heterocycles. The van der Waals surface area contributed by atoms with Crippen LogP contribution < -0.4 is 10.6 Å². The number of methoxy groups -OCH3 is 1. The van der Waals surface area contributed by atoms with Gasteiger partial charge in [-0.2, -0.15) is 0 Å². The van der Waals surface area contributed by atoms with Gasteiger partial charge in [-0.25, -0.2) is 4.79 Å². The first-order valence-electron chi connectivity index (χ1n) is 7.91. The lowest BCUT2D eigenvalue weighted by Crippen LogP contribution is -2.31.